The molecule has 0 saturated heterocycles. The number of carbonyl (C=O) groups excluding carboxylic acids is 1. The summed E-state index contributed by atoms with van der Waals surface area (Å²) in [6.07, 6.45) is 1.30. The van der Waals surface area contributed by atoms with E-state index in [1.54, 1.807) is 36.4 Å². The van der Waals surface area contributed by atoms with Crippen LogP contribution in [0.25, 0.3) is 17.4 Å². The van der Waals surface area contributed by atoms with Crippen molar-refractivity contribution in [3.8, 4) is 23.1 Å². The Balaban J connectivity index is 1.77. The van der Waals surface area contributed by atoms with Crippen LogP contribution in [0.1, 0.15) is 5.76 Å². The van der Waals surface area contributed by atoms with Crippen molar-refractivity contribution in [1.82, 2.24) is 0 Å². The van der Waals surface area contributed by atoms with E-state index < -0.39 is 10.8 Å². The van der Waals surface area contributed by atoms with Crippen molar-refractivity contribution in [3.05, 3.63) is 81.1 Å². The summed E-state index contributed by atoms with van der Waals surface area (Å²) < 4.78 is 10.7. The number of carbonyl (C=O) groups is 1. The molecule has 0 spiro atoms. The zero-order valence-electron chi connectivity index (χ0n) is 15.6. The summed E-state index contributed by atoms with van der Waals surface area (Å²) >= 11 is 6.04. The average Bonchev–Trinajstić information content (AvgIpc) is 3.20. The Morgan fingerprint density at radius 2 is 1.97 bits per heavy atom. The third-order valence-electron chi connectivity index (χ3n) is 4.05. The fourth-order valence-electron chi connectivity index (χ4n) is 2.57. The van der Waals surface area contributed by atoms with E-state index in [1.165, 1.54) is 31.4 Å². The minimum atomic E-state index is -0.632. The maximum Gasteiger partial charge on any atom is 0.269 e. The number of halogens is 1. The molecule has 0 unspecified atom stereocenters. The molecular weight excluding hydrogens is 410 g/mol. The van der Waals surface area contributed by atoms with E-state index >= 15 is 0 Å². The van der Waals surface area contributed by atoms with Gasteiger partial charge in [0.2, 0.25) is 0 Å². The Kier molecular flexibility index (Phi) is 6.15. The van der Waals surface area contributed by atoms with Crippen LogP contribution < -0.4 is 10.1 Å². The number of benzene rings is 2. The fraction of sp³-hybridized carbons (Fsp3) is 0.0476. The smallest absolute Gasteiger partial charge is 0.269 e. The van der Waals surface area contributed by atoms with E-state index in [4.69, 9.17) is 20.8 Å². The number of hydrogen-bond donors (Lipinski definition) is 1. The SMILES string of the molecule is COc1ccc(NC(=O)/C(C#N)=C/c2ccc(-c3ccc([N+](=O)[O-])cc3)o2)cc1Cl. The second kappa shape index (κ2) is 8.94. The van der Waals surface area contributed by atoms with E-state index in [9.17, 15) is 20.2 Å². The number of nitriles is 1. The van der Waals surface area contributed by atoms with Crippen LogP contribution in [0.15, 0.2) is 64.6 Å². The molecular formula is C21H14ClN3O5. The number of non-ortho nitro benzene ring substituents is 1. The van der Waals surface area contributed by atoms with Crippen LogP contribution in [0.5, 0.6) is 5.75 Å². The van der Waals surface area contributed by atoms with Gasteiger partial charge < -0.3 is 14.5 Å². The lowest BCUT2D eigenvalue weighted by molar-refractivity contribution is -0.384. The van der Waals surface area contributed by atoms with Gasteiger partial charge in [-0.25, -0.2) is 0 Å². The molecule has 2 aromatic carbocycles. The van der Waals surface area contributed by atoms with Crippen LogP contribution in [0.3, 0.4) is 0 Å². The summed E-state index contributed by atoms with van der Waals surface area (Å²) in [4.78, 5) is 22.7. The first-order valence-corrected chi connectivity index (χ1v) is 8.90. The van der Waals surface area contributed by atoms with Crippen LogP contribution in [-0.2, 0) is 4.79 Å². The zero-order valence-corrected chi connectivity index (χ0v) is 16.3. The van der Waals surface area contributed by atoms with Crippen LogP contribution >= 0.6 is 11.6 Å². The first kappa shape index (κ1) is 20.6. The van der Waals surface area contributed by atoms with E-state index in [1.807, 2.05) is 6.07 Å². The molecule has 0 aliphatic carbocycles. The first-order valence-electron chi connectivity index (χ1n) is 8.52. The third-order valence-corrected chi connectivity index (χ3v) is 4.35. The number of rotatable bonds is 6. The van der Waals surface area contributed by atoms with Crippen molar-refractivity contribution in [2.45, 2.75) is 0 Å². The largest absolute Gasteiger partial charge is 0.495 e. The van der Waals surface area contributed by atoms with E-state index in [-0.39, 0.29) is 17.0 Å². The molecule has 3 rings (SSSR count). The van der Waals surface area contributed by atoms with Gasteiger partial charge in [-0.3, -0.25) is 14.9 Å². The number of methoxy groups -OCH3 is 1. The van der Waals surface area contributed by atoms with Crippen molar-refractivity contribution in [1.29, 1.82) is 5.26 Å². The maximum atomic E-state index is 12.4. The number of nitrogens with one attached hydrogen (secondary N) is 1. The second-order valence-electron chi connectivity index (χ2n) is 5.98. The number of furan rings is 1. The molecule has 8 nitrogen and oxygen atoms in total. The standard InChI is InChI=1S/C21H14ClN3O5/c1-29-20-8-4-15(11-18(20)22)24-21(26)14(12-23)10-17-7-9-19(30-17)13-2-5-16(6-3-13)25(27)28/h2-11H,1H3,(H,24,26)/b14-10+. The lowest BCUT2D eigenvalue weighted by Gasteiger charge is -2.07. The molecule has 1 N–H and O–H groups in total. The van der Waals surface area contributed by atoms with Gasteiger partial charge in [0.1, 0.15) is 28.9 Å². The molecule has 9 heteroatoms. The molecule has 0 saturated carbocycles. The van der Waals surface area contributed by atoms with Crippen molar-refractivity contribution < 1.29 is 18.9 Å². The minimum Gasteiger partial charge on any atom is -0.495 e. The number of ether oxygens (including phenoxy) is 1. The van der Waals surface area contributed by atoms with Crippen molar-refractivity contribution in [3.63, 3.8) is 0 Å². The first-order chi connectivity index (χ1) is 14.4. The van der Waals surface area contributed by atoms with Gasteiger partial charge in [0.05, 0.1) is 17.1 Å². The molecule has 0 fully saturated rings. The highest BCUT2D eigenvalue weighted by atomic mass is 35.5. The highest BCUT2D eigenvalue weighted by Crippen LogP contribution is 2.28. The van der Waals surface area contributed by atoms with Gasteiger partial charge in [0.25, 0.3) is 11.6 Å². The summed E-state index contributed by atoms with van der Waals surface area (Å²) in [5.41, 5.74) is 0.813. The lowest BCUT2D eigenvalue weighted by atomic mass is 10.1. The van der Waals surface area contributed by atoms with Gasteiger partial charge in [-0.2, -0.15) is 5.26 Å². The highest BCUT2D eigenvalue weighted by Gasteiger charge is 2.13. The zero-order chi connectivity index (χ0) is 21.7. The second-order valence-corrected chi connectivity index (χ2v) is 6.39. The van der Waals surface area contributed by atoms with Crippen molar-refractivity contribution >= 4 is 35.0 Å². The molecule has 1 aromatic heterocycles. The Morgan fingerprint density at radius 1 is 1.23 bits per heavy atom. The lowest BCUT2D eigenvalue weighted by Crippen LogP contribution is -2.13. The summed E-state index contributed by atoms with van der Waals surface area (Å²) in [7, 11) is 1.48. The summed E-state index contributed by atoms with van der Waals surface area (Å²) in [6.45, 7) is 0. The number of nitrogens with zero attached hydrogens (tertiary/aromatic N) is 2. The van der Waals surface area contributed by atoms with Crippen LogP contribution in [0, 0.1) is 21.4 Å². The highest BCUT2D eigenvalue weighted by molar-refractivity contribution is 6.32. The fourth-order valence-corrected chi connectivity index (χ4v) is 2.82. The van der Waals surface area contributed by atoms with Crippen LogP contribution in [0.4, 0.5) is 11.4 Å². The van der Waals surface area contributed by atoms with Crippen molar-refractivity contribution in [2.75, 3.05) is 12.4 Å². The molecule has 0 aliphatic heterocycles. The molecule has 0 atom stereocenters. The number of hydrogen-bond acceptors (Lipinski definition) is 6. The molecule has 30 heavy (non-hydrogen) atoms. The van der Waals surface area contributed by atoms with Gasteiger partial charge in [0.15, 0.2) is 0 Å². The normalized spacial score (nSPS) is 10.9. The van der Waals surface area contributed by atoms with Crippen LogP contribution in [0.2, 0.25) is 5.02 Å². The number of amides is 1. The summed E-state index contributed by atoms with van der Waals surface area (Å²) in [5.74, 6) is 0.547. The molecule has 1 amide bonds. The van der Waals surface area contributed by atoms with Gasteiger partial charge in [0, 0.05) is 29.5 Å². The van der Waals surface area contributed by atoms with Gasteiger partial charge >= 0.3 is 0 Å². The molecule has 0 radical (unpaired) electrons. The van der Waals surface area contributed by atoms with E-state index in [2.05, 4.69) is 5.32 Å². The van der Waals surface area contributed by atoms with Gasteiger partial charge in [-0.15, -0.1) is 0 Å². The molecule has 3 aromatic rings. The van der Waals surface area contributed by atoms with Gasteiger partial charge in [-0.05, 0) is 42.5 Å². The predicted molar refractivity (Wildman–Crippen MR) is 111 cm³/mol. The van der Waals surface area contributed by atoms with Crippen molar-refractivity contribution in [2.24, 2.45) is 0 Å². The number of anilines is 1. The Bertz CT molecular complexity index is 1180. The monoisotopic (exact) mass is 423 g/mol. The molecule has 150 valence electrons. The number of nitro benzene ring substituents is 1. The summed E-state index contributed by atoms with van der Waals surface area (Å²) in [5, 5.41) is 23.0. The summed E-state index contributed by atoms with van der Waals surface area (Å²) in [6, 6.07) is 15.6. The maximum absolute atomic E-state index is 12.4. The average molecular weight is 424 g/mol. The number of nitro groups is 1. The third kappa shape index (κ3) is 4.66. The Labute approximate surface area is 176 Å². The van der Waals surface area contributed by atoms with E-state index in [0.717, 1.165) is 0 Å². The Hall–Kier alpha value is -4.09. The quantitative estimate of drug-likeness (QED) is 0.256. The van der Waals surface area contributed by atoms with Gasteiger partial charge in [-0.1, -0.05) is 11.6 Å². The Morgan fingerprint density at radius 3 is 2.57 bits per heavy atom. The van der Waals surface area contributed by atoms with Crippen LogP contribution in [-0.4, -0.2) is 17.9 Å². The minimum absolute atomic E-state index is 0.0347. The predicted octanol–water partition coefficient (Wildman–Crippen LogP) is 5.06. The van der Waals surface area contributed by atoms with E-state index in [0.29, 0.717) is 27.8 Å². The molecule has 0 bridgehead atoms. The molecule has 1 heterocycles. The molecule has 0 aliphatic rings. The topological polar surface area (TPSA) is 118 Å².